The highest BCUT2D eigenvalue weighted by molar-refractivity contribution is 6.43. The minimum atomic E-state index is -4.54. The number of alkyl halides is 3. The van der Waals surface area contributed by atoms with Crippen molar-refractivity contribution in [1.82, 2.24) is 0 Å². The fraction of sp³-hybridized carbons (Fsp3) is 0.176. The number of carbonyl (C=O) groups excluding carboxylic acids is 2. The Balaban J connectivity index is 1.99. The van der Waals surface area contributed by atoms with Crippen molar-refractivity contribution in [2.24, 2.45) is 0 Å². The molecule has 0 bridgehead atoms. The number of hydrogen-bond donors (Lipinski definition) is 2. The van der Waals surface area contributed by atoms with Gasteiger partial charge in [0.2, 0.25) is 0 Å². The van der Waals surface area contributed by atoms with E-state index in [-0.39, 0.29) is 5.69 Å². The van der Waals surface area contributed by atoms with E-state index in [0.717, 1.165) is 18.2 Å². The van der Waals surface area contributed by atoms with Crippen LogP contribution in [0.4, 0.5) is 24.5 Å². The van der Waals surface area contributed by atoms with Crippen LogP contribution < -0.4 is 15.4 Å². The Morgan fingerprint density at radius 3 is 2.12 bits per heavy atom. The zero-order chi connectivity index (χ0) is 18.4. The van der Waals surface area contributed by atoms with E-state index in [2.05, 4.69) is 10.6 Å². The molecule has 0 aliphatic rings. The first kappa shape index (κ1) is 18.3. The zero-order valence-corrected chi connectivity index (χ0v) is 13.2. The smallest absolute Gasteiger partial charge is 0.416 e. The average Bonchev–Trinajstić information content (AvgIpc) is 2.56. The summed E-state index contributed by atoms with van der Waals surface area (Å²) in [6.07, 6.45) is -4.54. The van der Waals surface area contributed by atoms with Crippen molar-refractivity contribution < 1.29 is 27.5 Å². The molecule has 2 rings (SSSR count). The number of carbonyl (C=O) groups is 2. The number of anilines is 2. The van der Waals surface area contributed by atoms with Gasteiger partial charge in [-0.2, -0.15) is 13.2 Å². The van der Waals surface area contributed by atoms with Crippen LogP contribution in [0.25, 0.3) is 0 Å². The number of hydrogen-bond acceptors (Lipinski definition) is 3. The van der Waals surface area contributed by atoms with Gasteiger partial charge in [-0.3, -0.25) is 9.59 Å². The van der Waals surface area contributed by atoms with Crippen molar-refractivity contribution >= 4 is 23.2 Å². The topological polar surface area (TPSA) is 67.4 Å². The lowest BCUT2D eigenvalue weighted by atomic mass is 10.2. The minimum absolute atomic E-state index is 0.123. The van der Waals surface area contributed by atoms with Crippen LogP contribution in [0.2, 0.25) is 0 Å². The van der Waals surface area contributed by atoms with Crippen LogP contribution in [0.3, 0.4) is 0 Å². The predicted molar refractivity (Wildman–Crippen MR) is 86.3 cm³/mol. The molecule has 25 heavy (non-hydrogen) atoms. The third-order valence-electron chi connectivity index (χ3n) is 3.08. The van der Waals surface area contributed by atoms with Gasteiger partial charge in [0.25, 0.3) is 0 Å². The SMILES string of the molecule is CCOc1ccc(NC(=O)C(=O)Nc2cccc(C(F)(F)F)c2)cc1. The van der Waals surface area contributed by atoms with E-state index < -0.39 is 23.6 Å². The summed E-state index contributed by atoms with van der Waals surface area (Å²) in [6.45, 7) is 2.32. The van der Waals surface area contributed by atoms with E-state index in [1.54, 1.807) is 24.3 Å². The molecule has 2 N–H and O–H groups in total. The van der Waals surface area contributed by atoms with Gasteiger partial charge in [-0.15, -0.1) is 0 Å². The molecule has 2 amide bonds. The van der Waals surface area contributed by atoms with Crippen LogP contribution in [0, 0.1) is 0 Å². The van der Waals surface area contributed by atoms with Crippen LogP contribution in [0.5, 0.6) is 5.75 Å². The molecule has 0 aliphatic heterocycles. The highest BCUT2D eigenvalue weighted by Crippen LogP contribution is 2.30. The maximum Gasteiger partial charge on any atom is 0.416 e. The third-order valence-corrected chi connectivity index (χ3v) is 3.08. The minimum Gasteiger partial charge on any atom is -0.494 e. The molecular weight excluding hydrogens is 337 g/mol. The van der Waals surface area contributed by atoms with E-state index in [4.69, 9.17) is 4.74 Å². The quantitative estimate of drug-likeness (QED) is 0.825. The molecule has 2 aromatic rings. The molecule has 0 saturated heterocycles. The number of nitrogens with one attached hydrogen (secondary N) is 2. The first-order valence-electron chi connectivity index (χ1n) is 7.32. The van der Waals surface area contributed by atoms with Crippen molar-refractivity contribution in [3.8, 4) is 5.75 Å². The lowest BCUT2D eigenvalue weighted by Crippen LogP contribution is -2.29. The highest BCUT2D eigenvalue weighted by Gasteiger charge is 2.30. The number of rotatable bonds is 4. The van der Waals surface area contributed by atoms with E-state index in [1.165, 1.54) is 6.07 Å². The molecule has 0 spiro atoms. The summed E-state index contributed by atoms with van der Waals surface area (Å²) in [7, 11) is 0. The van der Waals surface area contributed by atoms with E-state index in [9.17, 15) is 22.8 Å². The van der Waals surface area contributed by atoms with Gasteiger partial charge in [0, 0.05) is 11.4 Å². The fourth-order valence-corrected chi connectivity index (χ4v) is 1.95. The van der Waals surface area contributed by atoms with Crippen LogP contribution in [-0.4, -0.2) is 18.4 Å². The predicted octanol–water partition coefficient (Wildman–Crippen LogP) is 3.68. The molecule has 0 aromatic heterocycles. The molecule has 0 fully saturated rings. The molecule has 0 heterocycles. The Morgan fingerprint density at radius 2 is 1.56 bits per heavy atom. The number of halogens is 3. The second-order valence-corrected chi connectivity index (χ2v) is 4.94. The Kier molecular flexibility index (Phi) is 5.63. The van der Waals surface area contributed by atoms with Crippen molar-refractivity contribution in [2.45, 2.75) is 13.1 Å². The van der Waals surface area contributed by atoms with Gasteiger partial charge in [0.15, 0.2) is 0 Å². The average molecular weight is 352 g/mol. The van der Waals surface area contributed by atoms with Crippen molar-refractivity contribution in [1.29, 1.82) is 0 Å². The molecule has 132 valence electrons. The number of benzene rings is 2. The zero-order valence-electron chi connectivity index (χ0n) is 13.2. The van der Waals surface area contributed by atoms with E-state index >= 15 is 0 Å². The first-order chi connectivity index (χ1) is 11.8. The van der Waals surface area contributed by atoms with E-state index in [1.807, 2.05) is 6.92 Å². The summed E-state index contributed by atoms with van der Waals surface area (Å²) in [6, 6.07) is 10.3. The van der Waals surface area contributed by atoms with Crippen LogP contribution in [0.1, 0.15) is 12.5 Å². The maximum absolute atomic E-state index is 12.6. The summed E-state index contributed by atoms with van der Waals surface area (Å²) in [5, 5.41) is 4.48. The first-order valence-corrected chi connectivity index (χ1v) is 7.32. The number of ether oxygens (including phenoxy) is 1. The van der Waals surface area contributed by atoms with Crippen LogP contribution in [0.15, 0.2) is 48.5 Å². The van der Waals surface area contributed by atoms with Crippen molar-refractivity contribution in [3.63, 3.8) is 0 Å². The molecule has 5 nitrogen and oxygen atoms in total. The van der Waals surface area contributed by atoms with Gasteiger partial charge in [-0.25, -0.2) is 0 Å². The highest BCUT2D eigenvalue weighted by atomic mass is 19.4. The summed E-state index contributed by atoms with van der Waals surface area (Å²) >= 11 is 0. The lowest BCUT2D eigenvalue weighted by Gasteiger charge is -2.10. The lowest BCUT2D eigenvalue weighted by molar-refractivity contribution is -0.137. The monoisotopic (exact) mass is 352 g/mol. The Labute approximate surface area is 141 Å². The molecule has 0 unspecified atom stereocenters. The second-order valence-electron chi connectivity index (χ2n) is 4.94. The molecule has 0 saturated carbocycles. The van der Waals surface area contributed by atoms with Gasteiger partial charge >= 0.3 is 18.0 Å². The third kappa shape index (κ3) is 5.23. The summed E-state index contributed by atoms with van der Waals surface area (Å²) in [5.74, 6) is -1.47. The van der Waals surface area contributed by atoms with E-state index in [0.29, 0.717) is 18.0 Å². The second kappa shape index (κ2) is 7.69. The van der Waals surface area contributed by atoms with Gasteiger partial charge in [-0.05, 0) is 49.4 Å². The Morgan fingerprint density at radius 1 is 0.960 bits per heavy atom. The summed E-state index contributed by atoms with van der Waals surface area (Å²) < 4.78 is 43.2. The Bertz CT molecular complexity index is 758. The van der Waals surface area contributed by atoms with Crippen LogP contribution in [-0.2, 0) is 15.8 Å². The molecule has 2 aromatic carbocycles. The largest absolute Gasteiger partial charge is 0.494 e. The fourth-order valence-electron chi connectivity index (χ4n) is 1.95. The van der Waals surface area contributed by atoms with Crippen molar-refractivity contribution in [2.75, 3.05) is 17.2 Å². The molecule has 8 heteroatoms. The van der Waals surface area contributed by atoms with Crippen LogP contribution >= 0.6 is 0 Å². The van der Waals surface area contributed by atoms with Gasteiger partial charge in [0.05, 0.1) is 12.2 Å². The summed E-state index contributed by atoms with van der Waals surface area (Å²) in [4.78, 5) is 23.7. The number of amides is 2. The van der Waals surface area contributed by atoms with Gasteiger partial charge in [0.1, 0.15) is 5.75 Å². The molecule has 0 radical (unpaired) electrons. The molecule has 0 aliphatic carbocycles. The normalized spacial score (nSPS) is 10.9. The summed E-state index contributed by atoms with van der Waals surface area (Å²) in [5.41, 5.74) is -0.688. The van der Waals surface area contributed by atoms with Gasteiger partial charge < -0.3 is 15.4 Å². The Hall–Kier alpha value is -3.03. The molecule has 0 atom stereocenters. The maximum atomic E-state index is 12.6. The van der Waals surface area contributed by atoms with Crippen molar-refractivity contribution in [3.05, 3.63) is 54.1 Å². The standard InChI is InChI=1S/C17H15F3N2O3/c1-2-25-14-8-6-12(7-9-14)21-15(23)16(24)22-13-5-3-4-11(10-13)17(18,19)20/h3-10H,2H2,1H3,(H,21,23)(H,22,24). The van der Waals surface area contributed by atoms with Gasteiger partial charge in [-0.1, -0.05) is 6.07 Å². The molecular formula is C17H15F3N2O3.